The molecule has 0 aromatic carbocycles. The van der Waals surface area contributed by atoms with Crippen LogP contribution in [-0.2, 0) is 14.3 Å². The number of hydrogen-bond donors (Lipinski definition) is 3. The molecule has 0 radical (unpaired) electrons. The Kier molecular flexibility index (Phi) is 14.4. The summed E-state index contributed by atoms with van der Waals surface area (Å²) in [4.78, 5) is 55.0. The fourth-order valence-electron chi connectivity index (χ4n) is 7.27. The van der Waals surface area contributed by atoms with Crippen molar-refractivity contribution in [2.24, 2.45) is 5.92 Å². The Hall–Kier alpha value is -3.55. The Morgan fingerprint density at radius 3 is 2.12 bits per heavy atom. The van der Waals surface area contributed by atoms with Gasteiger partial charge in [-0.25, -0.2) is 9.59 Å². The zero-order valence-electron chi connectivity index (χ0n) is 32.0. The van der Waals surface area contributed by atoms with Crippen LogP contribution in [0.5, 0.6) is 0 Å². The van der Waals surface area contributed by atoms with Gasteiger partial charge in [-0.2, -0.15) is 9.97 Å². The Balaban J connectivity index is 1.31. The molecule has 0 bridgehead atoms. The second kappa shape index (κ2) is 18.3. The van der Waals surface area contributed by atoms with Gasteiger partial charge in [-0.3, -0.25) is 9.69 Å². The third-order valence-corrected chi connectivity index (χ3v) is 9.85. The lowest BCUT2D eigenvalue weighted by atomic mass is 9.85. The van der Waals surface area contributed by atoms with Gasteiger partial charge in [0.15, 0.2) is 0 Å². The zero-order chi connectivity index (χ0) is 37.2. The van der Waals surface area contributed by atoms with E-state index in [9.17, 15) is 14.4 Å². The maximum Gasteiger partial charge on any atom is 0.410 e. The van der Waals surface area contributed by atoms with Crippen LogP contribution >= 0.6 is 0 Å². The monoisotopic (exact) mass is 716 g/mol. The van der Waals surface area contributed by atoms with Crippen LogP contribution in [-0.4, -0.2) is 124 Å². The summed E-state index contributed by atoms with van der Waals surface area (Å²) in [5, 5.41) is 12.5. The Labute approximate surface area is 304 Å². The van der Waals surface area contributed by atoms with E-state index >= 15 is 0 Å². The average molecular weight is 717 g/mol. The molecule has 2 amide bonds. The second-order valence-electron chi connectivity index (χ2n) is 16.6. The number of hydrogen-bond acceptors (Lipinski definition) is 11. The van der Waals surface area contributed by atoms with E-state index in [-0.39, 0.29) is 30.7 Å². The highest BCUT2D eigenvalue weighted by atomic mass is 16.6. The molecule has 3 fully saturated rings. The summed E-state index contributed by atoms with van der Waals surface area (Å²) < 4.78 is 11.6. The molecular weight excluding hydrogens is 652 g/mol. The minimum atomic E-state index is -0.778. The first-order valence-electron chi connectivity index (χ1n) is 19.1. The van der Waals surface area contributed by atoms with E-state index in [1.54, 1.807) is 6.07 Å². The number of nitrogens with two attached hydrogens (primary N) is 1. The normalized spacial score (nSPS) is 20.8. The van der Waals surface area contributed by atoms with Crippen LogP contribution in [0.3, 0.4) is 0 Å². The summed E-state index contributed by atoms with van der Waals surface area (Å²) in [6, 6.07) is 2.16. The summed E-state index contributed by atoms with van der Waals surface area (Å²) in [7, 11) is 0. The number of aromatic nitrogens is 2. The Morgan fingerprint density at radius 2 is 1.51 bits per heavy atom. The van der Waals surface area contributed by atoms with Gasteiger partial charge in [0.05, 0.1) is 6.42 Å². The SMILES string of the molecule is CC(C)(C)OC(=O)N(CCCN(C(=O)OC(C)(C)C)C1CCCCC1)C[C@H]1CC[C@H](Nc2nc(N)cc(N3CCN(CCC(=O)O)CC3)n2)CC1. The molecule has 0 spiro atoms. The van der Waals surface area contributed by atoms with Crippen molar-refractivity contribution in [3.8, 4) is 0 Å². The van der Waals surface area contributed by atoms with Gasteiger partial charge < -0.3 is 40.3 Å². The number of nitrogens with zero attached hydrogens (tertiary/aromatic N) is 6. The third kappa shape index (κ3) is 13.8. The molecule has 2 saturated carbocycles. The maximum absolute atomic E-state index is 13.4. The number of aliphatic carboxylic acids is 1. The van der Waals surface area contributed by atoms with Crippen LogP contribution < -0.4 is 16.0 Å². The number of nitrogens with one attached hydrogen (secondary N) is 1. The Bertz CT molecular complexity index is 1280. The lowest BCUT2D eigenvalue weighted by Crippen LogP contribution is -2.47. The molecule has 288 valence electrons. The number of carboxylic acids is 1. The molecule has 14 heteroatoms. The summed E-state index contributed by atoms with van der Waals surface area (Å²) in [5.41, 5.74) is 5.03. The highest BCUT2D eigenvalue weighted by molar-refractivity contribution is 5.69. The van der Waals surface area contributed by atoms with Crippen molar-refractivity contribution >= 4 is 35.7 Å². The first kappa shape index (κ1) is 40.2. The standard InChI is InChI=1S/C37H64N8O6/c1-36(2,3)50-34(48)44(18-10-19-45(29-11-8-7-9-12-29)35(49)51-37(4,5)6)26-27-13-15-28(16-14-27)39-33-40-30(38)25-31(41-33)43-23-21-42(22-24-43)20-17-32(46)47/h25,27-29H,7-24,26H2,1-6H3,(H,46,47)(H3,38,39,40,41)/t27-,28-. The van der Waals surface area contributed by atoms with Crippen molar-refractivity contribution < 1.29 is 29.0 Å². The molecule has 2 aliphatic carbocycles. The molecule has 1 saturated heterocycles. The molecule has 1 aliphatic heterocycles. The topological polar surface area (TPSA) is 167 Å². The van der Waals surface area contributed by atoms with E-state index in [1.165, 1.54) is 6.42 Å². The van der Waals surface area contributed by atoms with Gasteiger partial charge in [-0.1, -0.05) is 19.3 Å². The van der Waals surface area contributed by atoms with Crippen LogP contribution in [0.4, 0.5) is 27.2 Å². The van der Waals surface area contributed by atoms with Gasteiger partial charge in [0.1, 0.15) is 22.8 Å². The molecule has 14 nitrogen and oxygen atoms in total. The van der Waals surface area contributed by atoms with Crippen LogP contribution in [0.1, 0.15) is 112 Å². The number of rotatable bonds is 13. The summed E-state index contributed by atoms with van der Waals surface area (Å²) >= 11 is 0. The molecule has 2 heterocycles. The Morgan fingerprint density at radius 1 is 0.882 bits per heavy atom. The van der Waals surface area contributed by atoms with E-state index in [2.05, 4.69) is 20.1 Å². The minimum absolute atomic E-state index is 0.144. The number of amides is 2. The van der Waals surface area contributed by atoms with Crippen molar-refractivity contribution in [1.29, 1.82) is 0 Å². The van der Waals surface area contributed by atoms with E-state index in [4.69, 9.17) is 25.3 Å². The van der Waals surface area contributed by atoms with Gasteiger partial charge in [0, 0.05) is 70.5 Å². The highest BCUT2D eigenvalue weighted by Gasteiger charge is 2.32. The first-order chi connectivity index (χ1) is 24.0. The van der Waals surface area contributed by atoms with Crippen molar-refractivity contribution in [1.82, 2.24) is 24.7 Å². The van der Waals surface area contributed by atoms with E-state index in [1.807, 2.05) is 51.3 Å². The quantitative estimate of drug-likeness (QED) is 0.224. The molecule has 0 atom stereocenters. The van der Waals surface area contributed by atoms with Crippen molar-refractivity contribution in [2.75, 3.05) is 68.3 Å². The van der Waals surface area contributed by atoms with Crippen LogP contribution in [0.2, 0.25) is 0 Å². The van der Waals surface area contributed by atoms with E-state index < -0.39 is 17.2 Å². The molecule has 0 unspecified atom stereocenters. The molecule has 1 aromatic rings. The van der Waals surface area contributed by atoms with Gasteiger partial charge in [-0.15, -0.1) is 0 Å². The number of carboxylic acid groups (broad SMARTS) is 1. The predicted octanol–water partition coefficient (Wildman–Crippen LogP) is 5.82. The zero-order valence-corrected chi connectivity index (χ0v) is 32.0. The van der Waals surface area contributed by atoms with Crippen molar-refractivity contribution in [3.05, 3.63) is 6.07 Å². The maximum atomic E-state index is 13.4. The fourth-order valence-corrected chi connectivity index (χ4v) is 7.27. The number of carbonyl (C=O) groups is 3. The number of carbonyl (C=O) groups excluding carboxylic acids is 2. The minimum Gasteiger partial charge on any atom is -0.481 e. The smallest absolute Gasteiger partial charge is 0.410 e. The highest BCUT2D eigenvalue weighted by Crippen LogP contribution is 2.29. The summed E-state index contributed by atoms with van der Waals surface area (Å²) in [5.74, 6) is 1.25. The van der Waals surface area contributed by atoms with E-state index in [0.29, 0.717) is 50.3 Å². The van der Waals surface area contributed by atoms with Crippen molar-refractivity contribution in [2.45, 2.75) is 135 Å². The number of piperazine rings is 1. The summed E-state index contributed by atoms with van der Waals surface area (Å²) in [6.45, 7) is 16.6. The van der Waals surface area contributed by atoms with Gasteiger partial charge in [-0.05, 0) is 92.4 Å². The summed E-state index contributed by atoms with van der Waals surface area (Å²) in [6.07, 6.45) is 9.33. The van der Waals surface area contributed by atoms with E-state index in [0.717, 1.165) is 83.4 Å². The third-order valence-electron chi connectivity index (χ3n) is 9.85. The molecule has 1 aromatic heterocycles. The molecular formula is C37H64N8O6. The largest absolute Gasteiger partial charge is 0.481 e. The molecule has 4 rings (SSSR count). The number of ether oxygens (including phenoxy) is 2. The van der Waals surface area contributed by atoms with Crippen LogP contribution in [0, 0.1) is 5.92 Å². The van der Waals surface area contributed by atoms with Crippen LogP contribution in [0.15, 0.2) is 6.07 Å². The van der Waals surface area contributed by atoms with Gasteiger partial charge in [0.2, 0.25) is 5.95 Å². The second-order valence-corrected chi connectivity index (χ2v) is 16.6. The fraction of sp³-hybridized carbons (Fsp3) is 0.811. The molecule has 51 heavy (non-hydrogen) atoms. The van der Waals surface area contributed by atoms with Crippen LogP contribution in [0.25, 0.3) is 0 Å². The molecule has 3 aliphatic rings. The number of anilines is 3. The predicted molar refractivity (Wildman–Crippen MR) is 199 cm³/mol. The van der Waals surface area contributed by atoms with Gasteiger partial charge >= 0.3 is 18.2 Å². The van der Waals surface area contributed by atoms with Crippen molar-refractivity contribution in [3.63, 3.8) is 0 Å². The first-order valence-corrected chi connectivity index (χ1v) is 19.1. The average Bonchev–Trinajstić information content (AvgIpc) is 3.04. The molecule has 4 N–H and O–H groups in total. The number of nitrogen functional groups attached to an aromatic ring is 1. The van der Waals surface area contributed by atoms with Gasteiger partial charge in [0.25, 0.3) is 0 Å². The lowest BCUT2D eigenvalue weighted by molar-refractivity contribution is -0.137. The lowest BCUT2D eigenvalue weighted by Gasteiger charge is -2.37.